The van der Waals surface area contributed by atoms with E-state index in [2.05, 4.69) is 10.6 Å². The molecule has 0 bridgehead atoms. The molecule has 170 valence electrons. The van der Waals surface area contributed by atoms with Crippen LogP contribution in [0.4, 0.5) is 9.59 Å². The molecule has 8 nitrogen and oxygen atoms in total. The summed E-state index contributed by atoms with van der Waals surface area (Å²) in [6.07, 6.45) is -1.24. The Bertz CT molecular complexity index is 940. The van der Waals surface area contributed by atoms with E-state index in [1.807, 2.05) is 46.8 Å². The van der Waals surface area contributed by atoms with Gasteiger partial charge in [0.1, 0.15) is 0 Å². The van der Waals surface area contributed by atoms with Gasteiger partial charge < -0.3 is 29.6 Å². The largest absolute Gasteiger partial charge is 0.487 e. The minimum atomic E-state index is -0.619. The van der Waals surface area contributed by atoms with Crippen LogP contribution in [0.3, 0.4) is 0 Å². The number of nitrogens with one attached hydrogen (secondary N) is 2. The van der Waals surface area contributed by atoms with Crippen LogP contribution in [0.15, 0.2) is 18.2 Å². The Morgan fingerprint density at radius 1 is 0.774 bits per heavy atom. The number of carbonyl (C=O) groups is 2. The van der Waals surface area contributed by atoms with E-state index in [0.717, 1.165) is 5.56 Å². The van der Waals surface area contributed by atoms with E-state index in [1.165, 1.54) is 0 Å². The van der Waals surface area contributed by atoms with Crippen molar-refractivity contribution in [3.05, 3.63) is 23.8 Å². The first kappa shape index (κ1) is 24.1. The van der Waals surface area contributed by atoms with Crippen LogP contribution >= 0.6 is 0 Å². The molecule has 0 aliphatic carbocycles. The van der Waals surface area contributed by atoms with E-state index in [-0.39, 0.29) is 48.3 Å². The summed E-state index contributed by atoms with van der Waals surface area (Å²) in [5.41, 5.74) is 0.936. The topological polar surface area (TPSA) is 95.1 Å². The Morgan fingerprint density at radius 2 is 1.23 bits per heavy atom. The number of hydrogen-bond donors (Lipinski definition) is 2. The van der Waals surface area contributed by atoms with Crippen LogP contribution in [0, 0.1) is 6.92 Å². The van der Waals surface area contributed by atoms with Gasteiger partial charge in [0.15, 0.2) is 11.5 Å². The summed E-state index contributed by atoms with van der Waals surface area (Å²) >= 11 is 0. The Kier molecular flexibility index (Phi) is 8.36. The lowest BCUT2D eigenvalue weighted by atomic mass is 10.0. The van der Waals surface area contributed by atoms with Crippen molar-refractivity contribution >= 4 is 23.0 Å². The van der Waals surface area contributed by atoms with Crippen molar-refractivity contribution in [2.75, 3.05) is 13.2 Å². The molecular weight excluding hydrogens is 400 g/mol. The first-order valence-corrected chi connectivity index (χ1v) is 10.5. The zero-order valence-corrected chi connectivity index (χ0v) is 19.3. The number of rotatable bonds is 8. The molecule has 8 heteroatoms. The molecule has 0 radical (unpaired) electrons. The standard InChI is InChI=1S/C23H32N2O6/c1-8-28-20-18(30-22(26)24-13(3)4)16-11-10-15(7)12-17(16)19(21(20)29-9-2)31-23(27)25-14(5)6/h10-14H,8-9H2,1-7H3,(H,24,26)(H,25,27). The maximum absolute atomic E-state index is 12.4. The number of benzene rings is 2. The van der Waals surface area contributed by atoms with Gasteiger partial charge in [0.25, 0.3) is 0 Å². The minimum absolute atomic E-state index is 0.106. The number of aryl methyl sites for hydroxylation is 1. The predicted molar refractivity (Wildman–Crippen MR) is 120 cm³/mol. The third-order valence-corrected chi connectivity index (χ3v) is 4.06. The smallest absolute Gasteiger partial charge is 0.412 e. The van der Waals surface area contributed by atoms with E-state index < -0.39 is 12.2 Å². The summed E-state index contributed by atoms with van der Waals surface area (Å²) in [4.78, 5) is 24.9. The zero-order valence-electron chi connectivity index (χ0n) is 19.3. The summed E-state index contributed by atoms with van der Waals surface area (Å²) in [5, 5.41) is 6.54. The lowest BCUT2D eigenvalue weighted by Crippen LogP contribution is -2.33. The van der Waals surface area contributed by atoms with E-state index >= 15 is 0 Å². The molecule has 0 aromatic heterocycles. The van der Waals surface area contributed by atoms with Crippen molar-refractivity contribution in [3.8, 4) is 23.0 Å². The van der Waals surface area contributed by atoms with Crippen molar-refractivity contribution in [1.82, 2.24) is 10.6 Å². The average molecular weight is 433 g/mol. The second-order valence-corrected chi connectivity index (χ2v) is 7.61. The van der Waals surface area contributed by atoms with Gasteiger partial charge in [-0.3, -0.25) is 0 Å². The average Bonchev–Trinajstić information content (AvgIpc) is 2.66. The summed E-state index contributed by atoms with van der Waals surface area (Å²) in [5.74, 6) is 0.814. The molecule has 2 aromatic carbocycles. The van der Waals surface area contributed by atoms with Gasteiger partial charge in [0, 0.05) is 22.9 Å². The summed E-state index contributed by atoms with van der Waals surface area (Å²) in [6, 6.07) is 5.31. The minimum Gasteiger partial charge on any atom is -0.487 e. The van der Waals surface area contributed by atoms with Crippen LogP contribution in [0.5, 0.6) is 23.0 Å². The number of ether oxygens (including phenoxy) is 4. The van der Waals surface area contributed by atoms with Crippen LogP contribution in [-0.2, 0) is 0 Å². The molecule has 0 heterocycles. The second kappa shape index (κ2) is 10.7. The van der Waals surface area contributed by atoms with Crippen molar-refractivity contribution in [2.45, 2.75) is 60.5 Å². The highest BCUT2D eigenvalue weighted by Gasteiger charge is 2.28. The number of carbonyl (C=O) groups excluding carboxylic acids is 2. The third-order valence-electron chi connectivity index (χ3n) is 4.06. The molecule has 0 saturated carbocycles. The van der Waals surface area contributed by atoms with Crippen molar-refractivity contribution < 1.29 is 28.5 Å². The summed E-state index contributed by atoms with van der Waals surface area (Å²) in [7, 11) is 0. The molecular formula is C23H32N2O6. The van der Waals surface area contributed by atoms with Crippen LogP contribution in [-0.4, -0.2) is 37.5 Å². The van der Waals surface area contributed by atoms with Crippen LogP contribution < -0.4 is 29.6 Å². The number of fused-ring (bicyclic) bond motifs is 1. The van der Waals surface area contributed by atoms with Gasteiger partial charge in [0.2, 0.25) is 11.5 Å². The molecule has 2 aromatic rings. The van der Waals surface area contributed by atoms with E-state index in [4.69, 9.17) is 18.9 Å². The highest BCUT2D eigenvalue weighted by molar-refractivity contribution is 6.01. The first-order chi connectivity index (χ1) is 14.7. The maximum atomic E-state index is 12.4. The Labute approximate surface area is 183 Å². The summed E-state index contributed by atoms with van der Waals surface area (Å²) in [6.45, 7) is 13.4. The van der Waals surface area contributed by atoms with Gasteiger partial charge >= 0.3 is 12.2 Å². The van der Waals surface area contributed by atoms with Crippen LogP contribution in [0.2, 0.25) is 0 Å². The van der Waals surface area contributed by atoms with Gasteiger partial charge in [-0.1, -0.05) is 17.7 Å². The summed E-state index contributed by atoms with van der Waals surface area (Å²) < 4.78 is 23.0. The Morgan fingerprint density at radius 3 is 1.65 bits per heavy atom. The lowest BCUT2D eigenvalue weighted by Gasteiger charge is -2.22. The Balaban J connectivity index is 2.77. The molecule has 0 aliphatic heterocycles. The van der Waals surface area contributed by atoms with Crippen LogP contribution in [0.25, 0.3) is 10.8 Å². The lowest BCUT2D eigenvalue weighted by molar-refractivity contribution is 0.189. The van der Waals surface area contributed by atoms with Gasteiger partial charge in [-0.15, -0.1) is 0 Å². The zero-order chi connectivity index (χ0) is 23.1. The van der Waals surface area contributed by atoms with Crippen molar-refractivity contribution in [2.24, 2.45) is 0 Å². The molecule has 31 heavy (non-hydrogen) atoms. The fourth-order valence-corrected chi connectivity index (χ4v) is 2.96. The molecule has 0 fully saturated rings. The fraction of sp³-hybridized carbons (Fsp3) is 0.478. The monoisotopic (exact) mass is 432 g/mol. The SMILES string of the molecule is CCOc1c(OCC)c(OC(=O)NC(C)C)c2cc(C)ccc2c1OC(=O)NC(C)C. The third kappa shape index (κ3) is 6.16. The quantitative estimate of drug-likeness (QED) is 0.614. The molecule has 2 N–H and O–H groups in total. The second-order valence-electron chi connectivity index (χ2n) is 7.61. The predicted octanol–water partition coefficient (Wildman–Crippen LogP) is 4.94. The normalized spacial score (nSPS) is 10.9. The van der Waals surface area contributed by atoms with Gasteiger partial charge in [-0.25, -0.2) is 9.59 Å². The molecule has 0 aliphatic rings. The van der Waals surface area contributed by atoms with Gasteiger partial charge in [0.05, 0.1) is 13.2 Å². The molecule has 2 rings (SSSR count). The van der Waals surface area contributed by atoms with E-state index in [9.17, 15) is 9.59 Å². The molecule has 0 unspecified atom stereocenters. The highest BCUT2D eigenvalue weighted by atomic mass is 16.6. The molecule has 0 saturated heterocycles. The molecule has 0 atom stereocenters. The molecule has 0 spiro atoms. The Hall–Kier alpha value is -3.16. The van der Waals surface area contributed by atoms with Crippen molar-refractivity contribution in [1.29, 1.82) is 0 Å². The number of hydrogen-bond acceptors (Lipinski definition) is 6. The highest BCUT2D eigenvalue weighted by Crippen LogP contribution is 2.51. The van der Waals surface area contributed by atoms with E-state index in [0.29, 0.717) is 10.8 Å². The first-order valence-electron chi connectivity index (χ1n) is 10.5. The molecule has 2 amide bonds. The maximum Gasteiger partial charge on any atom is 0.412 e. The van der Waals surface area contributed by atoms with Crippen molar-refractivity contribution in [3.63, 3.8) is 0 Å². The fourth-order valence-electron chi connectivity index (χ4n) is 2.96. The van der Waals surface area contributed by atoms with Gasteiger partial charge in [-0.2, -0.15) is 0 Å². The van der Waals surface area contributed by atoms with Gasteiger partial charge in [-0.05, 0) is 54.5 Å². The van der Waals surface area contributed by atoms with E-state index in [1.54, 1.807) is 19.9 Å². The number of amides is 2. The van der Waals surface area contributed by atoms with Crippen LogP contribution in [0.1, 0.15) is 47.1 Å².